The predicted molar refractivity (Wildman–Crippen MR) is 88.1 cm³/mol. The Bertz CT molecular complexity index is 221. The van der Waals surface area contributed by atoms with Gasteiger partial charge in [0.15, 0.2) is 0 Å². The second-order valence-corrected chi connectivity index (χ2v) is 7.07. The van der Waals surface area contributed by atoms with Crippen LogP contribution in [0.4, 0.5) is 0 Å². The van der Waals surface area contributed by atoms with Gasteiger partial charge < -0.3 is 10.4 Å². The van der Waals surface area contributed by atoms with Crippen molar-refractivity contribution in [3.8, 4) is 0 Å². The summed E-state index contributed by atoms with van der Waals surface area (Å²) in [7, 11) is 0. The lowest BCUT2D eigenvalue weighted by Crippen LogP contribution is -2.40. The summed E-state index contributed by atoms with van der Waals surface area (Å²) >= 11 is 0. The van der Waals surface area contributed by atoms with E-state index >= 15 is 0 Å². The van der Waals surface area contributed by atoms with Crippen LogP contribution in [0.5, 0.6) is 0 Å². The molecule has 2 heteroatoms. The Morgan fingerprint density at radius 2 is 1.65 bits per heavy atom. The van der Waals surface area contributed by atoms with Gasteiger partial charge in [0, 0.05) is 6.04 Å². The molecule has 0 aromatic rings. The highest BCUT2D eigenvalue weighted by atomic mass is 16.3. The van der Waals surface area contributed by atoms with Crippen molar-refractivity contribution in [2.45, 2.75) is 109 Å². The van der Waals surface area contributed by atoms with Gasteiger partial charge in [0.25, 0.3) is 0 Å². The minimum absolute atomic E-state index is 0.461. The zero-order valence-corrected chi connectivity index (χ0v) is 13.9. The Balaban J connectivity index is 1.98. The van der Waals surface area contributed by atoms with Crippen LogP contribution >= 0.6 is 0 Å². The number of nitrogens with one attached hydrogen (secondary N) is 1. The van der Waals surface area contributed by atoms with Crippen LogP contribution in [0.25, 0.3) is 0 Å². The highest BCUT2D eigenvalue weighted by Gasteiger charge is 2.25. The molecule has 1 heterocycles. The van der Waals surface area contributed by atoms with Gasteiger partial charge >= 0.3 is 0 Å². The number of hydrogen-bond donors (Lipinski definition) is 2. The van der Waals surface area contributed by atoms with Crippen molar-refractivity contribution in [2.24, 2.45) is 0 Å². The van der Waals surface area contributed by atoms with Crippen molar-refractivity contribution in [1.82, 2.24) is 5.32 Å². The minimum atomic E-state index is -0.461. The van der Waals surface area contributed by atoms with E-state index in [1.54, 1.807) is 0 Å². The molecule has 2 unspecified atom stereocenters. The molecule has 20 heavy (non-hydrogen) atoms. The molecule has 1 aliphatic heterocycles. The van der Waals surface area contributed by atoms with Gasteiger partial charge in [-0.3, -0.25) is 0 Å². The normalized spacial score (nSPS) is 22.6. The molecule has 2 N–H and O–H groups in total. The fourth-order valence-electron chi connectivity index (χ4n) is 3.37. The van der Waals surface area contributed by atoms with Crippen LogP contribution in [-0.2, 0) is 0 Å². The topological polar surface area (TPSA) is 32.3 Å². The summed E-state index contributed by atoms with van der Waals surface area (Å²) < 4.78 is 0. The second kappa shape index (κ2) is 10.6. The number of aliphatic hydroxyl groups is 1. The van der Waals surface area contributed by atoms with Crippen molar-refractivity contribution in [1.29, 1.82) is 0 Å². The molecule has 1 aliphatic rings. The van der Waals surface area contributed by atoms with Crippen LogP contribution < -0.4 is 5.32 Å². The van der Waals surface area contributed by atoms with Crippen LogP contribution in [-0.4, -0.2) is 23.3 Å². The highest BCUT2D eigenvalue weighted by molar-refractivity contribution is 4.82. The van der Waals surface area contributed by atoms with Crippen LogP contribution in [0.15, 0.2) is 0 Å². The van der Waals surface area contributed by atoms with E-state index in [0.29, 0.717) is 6.04 Å². The largest absolute Gasteiger partial charge is 0.390 e. The van der Waals surface area contributed by atoms with Gasteiger partial charge in [-0.1, -0.05) is 64.7 Å². The summed E-state index contributed by atoms with van der Waals surface area (Å²) in [4.78, 5) is 0. The second-order valence-electron chi connectivity index (χ2n) is 7.07. The first-order valence-corrected chi connectivity index (χ1v) is 9.10. The first kappa shape index (κ1) is 18.0. The summed E-state index contributed by atoms with van der Waals surface area (Å²) in [6, 6.07) is 0.549. The van der Waals surface area contributed by atoms with Gasteiger partial charge in [-0.2, -0.15) is 0 Å². The first-order chi connectivity index (χ1) is 9.64. The fourth-order valence-corrected chi connectivity index (χ4v) is 3.37. The molecule has 0 amide bonds. The van der Waals surface area contributed by atoms with Gasteiger partial charge in [-0.05, 0) is 39.2 Å². The zero-order chi connectivity index (χ0) is 14.7. The maximum absolute atomic E-state index is 10.5. The highest BCUT2D eigenvalue weighted by Crippen LogP contribution is 2.24. The van der Waals surface area contributed by atoms with Gasteiger partial charge in [-0.15, -0.1) is 0 Å². The van der Waals surface area contributed by atoms with Crippen molar-refractivity contribution in [2.75, 3.05) is 6.54 Å². The molecule has 2 atom stereocenters. The van der Waals surface area contributed by atoms with Gasteiger partial charge in [0.1, 0.15) is 0 Å². The third-order valence-corrected chi connectivity index (χ3v) is 4.67. The molecule has 2 nitrogen and oxygen atoms in total. The van der Waals surface area contributed by atoms with E-state index in [0.717, 1.165) is 19.4 Å². The van der Waals surface area contributed by atoms with Crippen LogP contribution in [0.2, 0.25) is 0 Å². The Morgan fingerprint density at radius 1 is 1.00 bits per heavy atom. The van der Waals surface area contributed by atoms with E-state index < -0.39 is 5.60 Å². The molecular formula is C18H37NO. The Hall–Kier alpha value is -0.0800. The molecule has 0 saturated carbocycles. The number of piperidine rings is 1. The summed E-state index contributed by atoms with van der Waals surface area (Å²) in [5.41, 5.74) is -0.461. The summed E-state index contributed by atoms with van der Waals surface area (Å²) in [6.45, 7) is 5.44. The molecule has 0 spiro atoms. The van der Waals surface area contributed by atoms with Crippen molar-refractivity contribution in [3.63, 3.8) is 0 Å². The third kappa shape index (κ3) is 8.97. The van der Waals surface area contributed by atoms with Gasteiger partial charge in [0.05, 0.1) is 5.60 Å². The summed E-state index contributed by atoms with van der Waals surface area (Å²) in [5, 5.41) is 14.0. The van der Waals surface area contributed by atoms with E-state index in [9.17, 15) is 5.11 Å². The van der Waals surface area contributed by atoms with E-state index in [2.05, 4.69) is 12.2 Å². The quantitative estimate of drug-likeness (QED) is 0.534. The Morgan fingerprint density at radius 3 is 2.25 bits per heavy atom. The summed E-state index contributed by atoms with van der Waals surface area (Å²) in [5.74, 6) is 0. The smallest absolute Gasteiger partial charge is 0.0634 e. The van der Waals surface area contributed by atoms with E-state index in [-0.39, 0.29) is 0 Å². The lowest BCUT2D eigenvalue weighted by atomic mass is 9.88. The van der Waals surface area contributed by atoms with Gasteiger partial charge in [-0.25, -0.2) is 0 Å². The molecule has 120 valence electrons. The third-order valence-electron chi connectivity index (χ3n) is 4.67. The lowest BCUT2D eigenvalue weighted by Gasteiger charge is -2.31. The first-order valence-electron chi connectivity index (χ1n) is 9.10. The molecule has 1 fully saturated rings. The maximum atomic E-state index is 10.5. The van der Waals surface area contributed by atoms with Gasteiger partial charge in [0.2, 0.25) is 0 Å². The predicted octanol–water partition coefficient (Wildman–Crippen LogP) is 4.80. The molecule has 1 saturated heterocycles. The summed E-state index contributed by atoms with van der Waals surface area (Å²) in [6.07, 6.45) is 16.5. The Kier molecular flexibility index (Phi) is 9.54. The maximum Gasteiger partial charge on any atom is 0.0634 e. The van der Waals surface area contributed by atoms with Crippen molar-refractivity contribution < 1.29 is 5.11 Å². The molecule has 0 aromatic carbocycles. The Labute approximate surface area is 126 Å². The molecule has 1 rings (SSSR count). The van der Waals surface area contributed by atoms with Crippen LogP contribution in [0.3, 0.4) is 0 Å². The standard InChI is InChI=1S/C18H37NO/c1-3-4-5-6-7-8-9-11-14-18(2,20)16-17-13-10-12-15-19-17/h17,19-20H,3-16H2,1-2H3. The van der Waals surface area contributed by atoms with Crippen molar-refractivity contribution >= 4 is 0 Å². The van der Waals surface area contributed by atoms with Crippen LogP contribution in [0.1, 0.15) is 97.3 Å². The van der Waals surface area contributed by atoms with E-state index in [1.165, 1.54) is 70.6 Å². The minimum Gasteiger partial charge on any atom is -0.390 e. The van der Waals surface area contributed by atoms with Crippen molar-refractivity contribution in [3.05, 3.63) is 0 Å². The average molecular weight is 283 g/mol. The lowest BCUT2D eigenvalue weighted by molar-refractivity contribution is 0.0260. The molecular weight excluding hydrogens is 246 g/mol. The number of rotatable bonds is 11. The zero-order valence-electron chi connectivity index (χ0n) is 13.9. The average Bonchev–Trinajstić information content (AvgIpc) is 2.42. The van der Waals surface area contributed by atoms with E-state index in [4.69, 9.17) is 0 Å². The van der Waals surface area contributed by atoms with E-state index in [1.807, 2.05) is 6.92 Å². The molecule has 0 radical (unpaired) electrons. The molecule has 0 aromatic heterocycles. The number of hydrogen-bond acceptors (Lipinski definition) is 2. The molecule has 0 aliphatic carbocycles. The monoisotopic (exact) mass is 283 g/mol. The molecule has 0 bridgehead atoms. The SMILES string of the molecule is CCCCCCCCCCC(C)(O)CC1CCCCN1. The van der Waals surface area contributed by atoms with Crippen LogP contribution in [0, 0.1) is 0 Å². The fraction of sp³-hybridized carbons (Fsp3) is 1.00. The number of unbranched alkanes of at least 4 members (excludes halogenated alkanes) is 7.